The molecular weight excluding hydrogens is 292 g/mol. The van der Waals surface area contributed by atoms with Crippen LogP contribution < -0.4 is 0 Å². The molecule has 0 fully saturated rings. The first-order valence-electron chi connectivity index (χ1n) is 8.17. The van der Waals surface area contributed by atoms with Crippen molar-refractivity contribution < 1.29 is 0 Å². The third-order valence-electron chi connectivity index (χ3n) is 3.24. The first-order chi connectivity index (χ1) is 11.4. The van der Waals surface area contributed by atoms with Crippen LogP contribution in [0.15, 0.2) is 61.1 Å². The molecule has 0 saturated carbocycles. The number of aryl methyl sites for hydroxylation is 6. The summed E-state index contributed by atoms with van der Waals surface area (Å²) in [4.78, 5) is 8.02. The molecule has 2 heterocycles. The molecule has 0 bridgehead atoms. The second kappa shape index (κ2) is 10.3. The van der Waals surface area contributed by atoms with Gasteiger partial charge in [-0.3, -0.25) is 9.97 Å². The van der Waals surface area contributed by atoms with Crippen LogP contribution in [-0.4, -0.2) is 9.97 Å². The van der Waals surface area contributed by atoms with Crippen molar-refractivity contribution in [2.24, 2.45) is 0 Å². The molecule has 3 aromatic rings. The van der Waals surface area contributed by atoms with Gasteiger partial charge >= 0.3 is 0 Å². The lowest BCUT2D eigenvalue weighted by Gasteiger charge is -1.90. The van der Waals surface area contributed by atoms with E-state index in [4.69, 9.17) is 0 Å². The van der Waals surface area contributed by atoms with Crippen LogP contribution >= 0.6 is 0 Å². The summed E-state index contributed by atoms with van der Waals surface area (Å²) in [6.07, 6.45) is 5.53. The van der Waals surface area contributed by atoms with Gasteiger partial charge in [0.15, 0.2) is 0 Å². The van der Waals surface area contributed by atoms with Gasteiger partial charge in [-0.2, -0.15) is 0 Å². The molecule has 2 aromatic heterocycles. The number of hydrogen-bond acceptors (Lipinski definition) is 2. The Labute approximate surface area is 146 Å². The molecule has 0 aliphatic heterocycles. The predicted octanol–water partition coefficient (Wildman–Crippen LogP) is 5.70. The van der Waals surface area contributed by atoms with Crippen molar-refractivity contribution in [2.45, 2.75) is 41.5 Å². The lowest BCUT2D eigenvalue weighted by atomic mass is 10.2. The van der Waals surface area contributed by atoms with Crippen LogP contribution in [0.5, 0.6) is 0 Å². The van der Waals surface area contributed by atoms with E-state index in [0.717, 1.165) is 5.69 Å². The van der Waals surface area contributed by atoms with E-state index >= 15 is 0 Å². The van der Waals surface area contributed by atoms with E-state index < -0.39 is 0 Å². The second-order valence-corrected chi connectivity index (χ2v) is 6.17. The molecule has 0 radical (unpaired) electrons. The highest BCUT2D eigenvalue weighted by atomic mass is 14.6. The predicted molar refractivity (Wildman–Crippen MR) is 103 cm³/mol. The Morgan fingerprint density at radius 3 is 1.38 bits per heavy atom. The maximum absolute atomic E-state index is 4.04. The molecule has 3 rings (SSSR count). The van der Waals surface area contributed by atoms with Gasteiger partial charge < -0.3 is 0 Å². The van der Waals surface area contributed by atoms with Crippen LogP contribution in [-0.2, 0) is 0 Å². The molecule has 0 unspecified atom stereocenters. The number of aromatic nitrogens is 2. The summed E-state index contributed by atoms with van der Waals surface area (Å²) >= 11 is 0. The number of benzene rings is 1. The lowest BCUT2D eigenvalue weighted by molar-refractivity contribution is 1.18. The summed E-state index contributed by atoms with van der Waals surface area (Å²) in [5.41, 5.74) is 7.49. The van der Waals surface area contributed by atoms with E-state index in [0.29, 0.717) is 0 Å². The van der Waals surface area contributed by atoms with Gasteiger partial charge in [-0.15, -0.1) is 0 Å². The minimum atomic E-state index is 1.09. The highest BCUT2D eigenvalue weighted by Crippen LogP contribution is 2.00. The molecule has 0 aliphatic rings. The van der Waals surface area contributed by atoms with Crippen molar-refractivity contribution in [2.75, 3.05) is 0 Å². The first-order valence-corrected chi connectivity index (χ1v) is 8.17. The smallest absolute Gasteiger partial charge is 0.0375 e. The summed E-state index contributed by atoms with van der Waals surface area (Å²) in [6, 6.07) is 14.6. The van der Waals surface area contributed by atoms with E-state index in [1.54, 1.807) is 0 Å². The van der Waals surface area contributed by atoms with Crippen molar-refractivity contribution in [1.82, 2.24) is 9.97 Å². The zero-order chi connectivity index (χ0) is 17.9. The average Bonchev–Trinajstić information content (AvgIpc) is 2.47. The number of nitrogens with zero attached hydrogens (tertiary/aromatic N) is 2. The van der Waals surface area contributed by atoms with Gasteiger partial charge in [0.05, 0.1) is 0 Å². The van der Waals surface area contributed by atoms with E-state index in [2.05, 4.69) is 67.1 Å². The van der Waals surface area contributed by atoms with Crippen molar-refractivity contribution in [3.8, 4) is 0 Å². The summed E-state index contributed by atoms with van der Waals surface area (Å²) in [5.74, 6) is 0. The Balaban J connectivity index is 0.000000180. The molecule has 0 saturated heterocycles. The van der Waals surface area contributed by atoms with Gasteiger partial charge in [-0.1, -0.05) is 41.5 Å². The minimum Gasteiger partial charge on any atom is -0.264 e. The fourth-order valence-corrected chi connectivity index (χ4v) is 2.20. The van der Waals surface area contributed by atoms with E-state index in [-0.39, 0.29) is 0 Å². The summed E-state index contributed by atoms with van der Waals surface area (Å²) in [5, 5.41) is 0. The van der Waals surface area contributed by atoms with E-state index in [1.807, 2.05) is 45.4 Å². The summed E-state index contributed by atoms with van der Waals surface area (Å²) < 4.78 is 0. The molecule has 126 valence electrons. The monoisotopic (exact) mass is 320 g/mol. The molecule has 1 aromatic carbocycles. The van der Waals surface area contributed by atoms with Crippen LogP contribution in [0, 0.1) is 41.5 Å². The van der Waals surface area contributed by atoms with E-state index in [1.165, 1.54) is 27.8 Å². The molecular formula is C22H28N2. The zero-order valence-corrected chi connectivity index (χ0v) is 15.7. The molecule has 0 amide bonds. The van der Waals surface area contributed by atoms with Crippen molar-refractivity contribution in [3.63, 3.8) is 0 Å². The van der Waals surface area contributed by atoms with Gasteiger partial charge in [-0.25, -0.2) is 0 Å². The molecule has 0 aliphatic carbocycles. The Morgan fingerprint density at radius 1 is 0.583 bits per heavy atom. The Morgan fingerprint density at radius 2 is 1.08 bits per heavy atom. The Kier molecular flexibility index (Phi) is 8.42. The molecule has 24 heavy (non-hydrogen) atoms. The third kappa shape index (κ3) is 8.84. The molecule has 2 nitrogen and oxygen atoms in total. The van der Waals surface area contributed by atoms with E-state index in [9.17, 15) is 0 Å². The van der Waals surface area contributed by atoms with Gasteiger partial charge in [0.2, 0.25) is 0 Å². The van der Waals surface area contributed by atoms with Crippen molar-refractivity contribution in [3.05, 3.63) is 94.6 Å². The van der Waals surface area contributed by atoms with Gasteiger partial charge in [0, 0.05) is 24.3 Å². The van der Waals surface area contributed by atoms with Crippen LogP contribution in [0.4, 0.5) is 0 Å². The van der Waals surface area contributed by atoms with Gasteiger partial charge in [0.1, 0.15) is 0 Å². The second-order valence-electron chi connectivity index (χ2n) is 6.17. The number of pyridine rings is 2. The van der Waals surface area contributed by atoms with Crippen LogP contribution in [0.25, 0.3) is 0 Å². The number of hydrogen-bond donors (Lipinski definition) is 0. The van der Waals surface area contributed by atoms with Gasteiger partial charge in [-0.05, 0) is 70.4 Å². The minimum absolute atomic E-state index is 1.09. The number of rotatable bonds is 0. The molecule has 0 atom stereocenters. The standard InChI is InChI=1S/C8H10.2C7H9N/c1-7-4-3-5-8(2)6-7;1-6-3-7(2)5-8-4-6;1-6-3-4-8-7(2)5-6/h3-6H,1-2H3;2*3-5H,1-2H3. The Hall–Kier alpha value is -2.48. The molecule has 2 heteroatoms. The maximum atomic E-state index is 4.04. The molecule has 0 N–H and O–H groups in total. The van der Waals surface area contributed by atoms with Crippen molar-refractivity contribution in [1.29, 1.82) is 0 Å². The zero-order valence-electron chi connectivity index (χ0n) is 15.7. The SMILES string of the molecule is Cc1cccc(C)c1.Cc1ccnc(C)c1.Cc1cncc(C)c1. The molecule has 0 spiro atoms. The third-order valence-corrected chi connectivity index (χ3v) is 3.24. The Bertz CT molecular complexity index is 593. The van der Waals surface area contributed by atoms with Crippen molar-refractivity contribution >= 4 is 0 Å². The lowest BCUT2D eigenvalue weighted by Crippen LogP contribution is -1.78. The fourth-order valence-electron chi connectivity index (χ4n) is 2.20. The normalized spacial score (nSPS) is 9.25. The first kappa shape index (κ1) is 19.6. The highest BCUT2D eigenvalue weighted by molar-refractivity contribution is 5.20. The largest absolute Gasteiger partial charge is 0.264 e. The fraction of sp³-hybridized carbons (Fsp3) is 0.273. The van der Waals surface area contributed by atoms with Crippen LogP contribution in [0.1, 0.15) is 33.5 Å². The van der Waals surface area contributed by atoms with Crippen LogP contribution in [0.2, 0.25) is 0 Å². The summed E-state index contributed by atoms with van der Waals surface area (Å²) in [6.45, 7) is 12.3. The summed E-state index contributed by atoms with van der Waals surface area (Å²) in [7, 11) is 0. The maximum Gasteiger partial charge on any atom is 0.0375 e. The van der Waals surface area contributed by atoms with Gasteiger partial charge in [0.25, 0.3) is 0 Å². The quantitative estimate of drug-likeness (QED) is 0.531. The highest BCUT2D eigenvalue weighted by Gasteiger charge is 1.83. The average molecular weight is 320 g/mol. The van der Waals surface area contributed by atoms with Crippen LogP contribution in [0.3, 0.4) is 0 Å². The topological polar surface area (TPSA) is 25.8 Å².